The van der Waals surface area contributed by atoms with Gasteiger partial charge in [0.15, 0.2) is 5.13 Å². The Labute approximate surface area is 126 Å². The van der Waals surface area contributed by atoms with Crippen molar-refractivity contribution in [1.29, 1.82) is 0 Å². The van der Waals surface area contributed by atoms with Gasteiger partial charge in [0.2, 0.25) is 5.91 Å². The zero-order chi connectivity index (χ0) is 15.6. The Balaban J connectivity index is 2.24. The SMILES string of the molecule is CCC1(C(=O)O)CCCN1C(=O)c1csc(NC(C)=O)n1. The van der Waals surface area contributed by atoms with Crippen molar-refractivity contribution in [2.45, 2.75) is 38.6 Å². The third-order valence-corrected chi connectivity index (χ3v) is 4.48. The summed E-state index contributed by atoms with van der Waals surface area (Å²) in [7, 11) is 0. The normalized spacial score (nSPS) is 21.3. The van der Waals surface area contributed by atoms with E-state index in [0.717, 1.165) is 11.3 Å². The molecule has 21 heavy (non-hydrogen) atoms. The first-order valence-corrected chi connectivity index (χ1v) is 7.57. The van der Waals surface area contributed by atoms with Gasteiger partial charge in [-0.25, -0.2) is 9.78 Å². The number of amides is 2. The number of carbonyl (C=O) groups excluding carboxylic acids is 2. The van der Waals surface area contributed by atoms with Gasteiger partial charge in [0.1, 0.15) is 11.2 Å². The molecule has 1 aromatic rings. The predicted octanol–water partition coefficient (Wildman–Crippen LogP) is 1.57. The van der Waals surface area contributed by atoms with Crippen LogP contribution in [0.3, 0.4) is 0 Å². The van der Waals surface area contributed by atoms with Gasteiger partial charge < -0.3 is 15.3 Å². The van der Waals surface area contributed by atoms with E-state index in [1.807, 2.05) is 0 Å². The number of aromatic nitrogens is 1. The molecule has 2 heterocycles. The van der Waals surface area contributed by atoms with Crippen molar-refractivity contribution in [2.24, 2.45) is 0 Å². The van der Waals surface area contributed by atoms with Crippen molar-refractivity contribution in [2.75, 3.05) is 11.9 Å². The summed E-state index contributed by atoms with van der Waals surface area (Å²) in [5, 5.41) is 13.9. The van der Waals surface area contributed by atoms with Crippen molar-refractivity contribution in [3.63, 3.8) is 0 Å². The molecule has 1 aromatic heterocycles. The van der Waals surface area contributed by atoms with Crippen LogP contribution in [0, 0.1) is 0 Å². The quantitative estimate of drug-likeness (QED) is 0.879. The van der Waals surface area contributed by atoms with Crippen LogP contribution in [-0.2, 0) is 9.59 Å². The molecule has 114 valence electrons. The molecule has 0 aromatic carbocycles. The highest BCUT2D eigenvalue weighted by Gasteiger charge is 2.49. The average molecular weight is 311 g/mol. The lowest BCUT2D eigenvalue weighted by molar-refractivity contribution is -0.148. The van der Waals surface area contributed by atoms with Crippen LogP contribution in [0.15, 0.2) is 5.38 Å². The highest BCUT2D eigenvalue weighted by molar-refractivity contribution is 7.14. The molecule has 2 N–H and O–H groups in total. The minimum Gasteiger partial charge on any atom is -0.479 e. The number of hydrogen-bond donors (Lipinski definition) is 2. The third-order valence-electron chi connectivity index (χ3n) is 3.72. The monoisotopic (exact) mass is 311 g/mol. The summed E-state index contributed by atoms with van der Waals surface area (Å²) in [6.45, 7) is 3.53. The van der Waals surface area contributed by atoms with Crippen molar-refractivity contribution < 1.29 is 19.5 Å². The number of rotatable bonds is 4. The van der Waals surface area contributed by atoms with E-state index in [2.05, 4.69) is 10.3 Å². The zero-order valence-corrected chi connectivity index (χ0v) is 12.7. The molecule has 1 aliphatic rings. The first kappa shape index (κ1) is 15.4. The molecule has 1 unspecified atom stereocenters. The van der Waals surface area contributed by atoms with Crippen LogP contribution in [0.1, 0.15) is 43.6 Å². The van der Waals surface area contributed by atoms with E-state index in [0.29, 0.717) is 30.9 Å². The lowest BCUT2D eigenvalue weighted by Crippen LogP contribution is -2.52. The number of hydrogen-bond acceptors (Lipinski definition) is 5. The van der Waals surface area contributed by atoms with Crippen LogP contribution in [0.25, 0.3) is 0 Å². The standard InChI is InChI=1S/C13H17N3O4S/c1-3-13(11(19)20)5-4-6-16(13)10(18)9-7-21-12(15-9)14-8(2)17/h7H,3-6H2,1-2H3,(H,19,20)(H,14,15,17). The highest BCUT2D eigenvalue weighted by Crippen LogP contribution is 2.34. The summed E-state index contributed by atoms with van der Waals surface area (Å²) >= 11 is 1.14. The van der Waals surface area contributed by atoms with E-state index in [1.54, 1.807) is 6.92 Å². The van der Waals surface area contributed by atoms with Gasteiger partial charge in [-0.15, -0.1) is 11.3 Å². The molecule has 1 atom stereocenters. The molecular formula is C13H17N3O4S. The van der Waals surface area contributed by atoms with Crippen LogP contribution in [0.5, 0.6) is 0 Å². The zero-order valence-electron chi connectivity index (χ0n) is 11.9. The van der Waals surface area contributed by atoms with E-state index in [1.165, 1.54) is 17.2 Å². The van der Waals surface area contributed by atoms with Gasteiger partial charge in [-0.2, -0.15) is 0 Å². The molecule has 1 fully saturated rings. The minimum absolute atomic E-state index is 0.171. The summed E-state index contributed by atoms with van der Waals surface area (Å²) in [5.74, 6) is -1.64. The molecule has 0 bridgehead atoms. The molecule has 0 aliphatic carbocycles. The molecule has 0 radical (unpaired) electrons. The number of nitrogens with zero attached hydrogens (tertiary/aromatic N) is 2. The van der Waals surface area contributed by atoms with E-state index < -0.39 is 17.4 Å². The molecule has 2 rings (SSSR count). The van der Waals surface area contributed by atoms with Gasteiger partial charge in [-0.3, -0.25) is 9.59 Å². The third kappa shape index (κ3) is 2.76. The van der Waals surface area contributed by atoms with Gasteiger partial charge in [0, 0.05) is 18.8 Å². The number of likely N-dealkylation sites (tertiary alicyclic amines) is 1. The molecule has 0 saturated carbocycles. The summed E-state index contributed by atoms with van der Waals surface area (Å²) in [6.07, 6.45) is 1.47. The molecule has 1 saturated heterocycles. The first-order chi connectivity index (χ1) is 9.90. The molecule has 1 aliphatic heterocycles. The molecule has 0 spiro atoms. The van der Waals surface area contributed by atoms with Crippen molar-refractivity contribution in [3.8, 4) is 0 Å². The Morgan fingerprint density at radius 3 is 2.81 bits per heavy atom. The van der Waals surface area contributed by atoms with Gasteiger partial charge in [0.25, 0.3) is 5.91 Å². The molecular weight excluding hydrogens is 294 g/mol. The van der Waals surface area contributed by atoms with Crippen LogP contribution < -0.4 is 5.32 Å². The minimum atomic E-state index is -1.14. The van der Waals surface area contributed by atoms with Gasteiger partial charge in [-0.1, -0.05) is 6.92 Å². The molecule has 2 amide bonds. The van der Waals surface area contributed by atoms with E-state index >= 15 is 0 Å². The number of carboxylic acid groups (broad SMARTS) is 1. The Hall–Kier alpha value is -1.96. The van der Waals surface area contributed by atoms with Crippen LogP contribution in [0.4, 0.5) is 5.13 Å². The summed E-state index contributed by atoms with van der Waals surface area (Å²) in [4.78, 5) is 40.5. The maximum Gasteiger partial charge on any atom is 0.329 e. The van der Waals surface area contributed by atoms with Gasteiger partial charge in [0.05, 0.1) is 0 Å². The fraction of sp³-hybridized carbons (Fsp3) is 0.538. The fourth-order valence-electron chi connectivity index (χ4n) is 2.63. The second-order valence-electron chi connectivity index (χ2n) is 4.97. The summed E-state index contributed by atoms with van der Waals surface area (Å²) < 4.78 is 0. The summed E-state index contributed by atoms with van der Waals surface area (Å²) in [5.41, 5.74) is -0.973. The Kier molecular flexibility index (Phi) is 4.26. The second-order valence-corrected chi connectivity index (χ2v) is 5.83. The fourth-order valence-corrected chi connectivity index (χ4v) is 3.36. The van der Waals surface area contributed by atoms with E-state index in [-0.39, 0.29) is 11.6 Å². The Bertz CT molecular complexity index is 586. The largest absolute Gasteiger partial charge is 0.479 e. The van der Waals surface area contributed by atoms with Crippen LogP contribution in [0.2, 0.25) is 0 Å². The number of thiazole rings is 1. The predicted molar refractivity (Wildman–Crippen MR) is 77.3 cm³/mol. The molecule has 8 heteroatoms. The lowest BCUT2D eigenvalue weighted by atomic mass is 9.93. The number of carbonyl (C=O) groups is 3. The van der Waals surface area contributed by atoms with Crippen molar-refractivity contribution in [1.82, 2.24) is 9.88 Å². The second kappa shape index (κ2) is 5.80. The van der Waals surface area contributed by atoms with Crippen LogP contribution >= 0.6 is 11.3 Å². The lowest BCUT2D eigenvalue weighted by Gasteiger charge is -2.33. The number of anilines is 1. The Morgan fingerprint density at radius 1 is 1.52 bits per heavy atom. The number of nitrogens with one attached hydrogen (secondary N) is 1. The van der Waals surface area contributed by atoms with Crippen LogP contribution in [-0.4, -0.2) is 44.9 Å². The smallest absolute Gasteiger partial charge is 0.329 e. The maximum atomic E-state index is 12.5. The average Bonchev–Trinajstić information content (AvgIpc) is 3.03. The molecule has 7 nitrogen and oxygen atoms in total. The number of carboxylic acids is 1. The van der Waals surface area contributed by atoms with E-state index in [4.69, 9.17) is 0 Å². The topological polar surface area (TPSA) is 99.6 Å². The van der Waals surface area contributed by atoms with E-state index in [9.17, 15) is 19.5 Å². The number of aliphatic carboxylic acids is 1. The highest BCUT2D eigenvalue weighted by atomic mass is 32.1. The Morgan fingerprint density at radius 2 is 2.24 bits per heavy atom. The van der Waals surface area contributed by atoms with Gasteiger partial charge >= 0.3 is 5.97 Å². The van der Waals surface area contributed by atoms with Gasteiger partial charge in [-0.05, 0) is 19.3 Å². The summed E-state index contributed by atoms with van der Waals surface area (Å²) in [6, 6.07) is 0. The van der Waals surface area contributed by atoms with Crippen molar-refractivity contribution in [3.05, 3.63) is 11.1 Å². The first-order valence-electron chi connectivity index (χ1n) is 6.69. The van der Waals surface area contributed by atoms with Crippen molar-refractivity contribution >= 4 is 34.3 Å². The maximum absolute atomic E-state index is 12.5.